The van der Waals surface area contributed by atoms with Gasteiger partial charge in [-0.25, -0.2) is 9.59 Å². The molecule has 0 saturated carbocycles. The molecule has 1 amide bonds. The van der Waals surface area contributed by atoms with Crippen molar-refractivity contribution in [3.63, 3.8) is 0 Å². The number of nitrogens with zero attached hydrogens (tertiary/aromatic N) is 1. The molecule has 1 atom stereocenters. The normalized spacial score (nSPS) is 18.1. The molecule has 0 fully saturated rings. The molecule has 2 rings (SSSR count). The van der Waals surface area contributed by atoms with Crippen molar-refractivity contribution in [2.24, 2.45) is 0 Å². The van der Waals surface area contributed by atoms with Crippen LogP contribution in [0.3, 0.4) is 0 Å². The van der Waals surface area contributed by atoms with E-state index >= 15 is 0 Å². The SMILES string of the molecule is COC(=O)C1=C(c2ccc(OC)cc2)CC(C)N(C(=O)O)C1. The Labute approximate surface area is 128 Å². The van der Waals surface area contributed by atoms with Crippen LogP contribution in [0.1, 0.15) is 18.9 Å². The third-order valence-electron chi connectivity index (χ3n) is 3.84. The number of esters is 1. The van der Waals surface area contributed by atoms with E-state index in [0.717, 1.165) is 16.9 Å². The summed E-state index contributed by atoms with van der Waals surface area (Å²) in [6, 6.07) is 7.14. The van der Waals surface area contributed by atoms with E-state index in [1.165, 1.54) is 12.0 Å². The first kappa shape index (κ1) is 15.9. The molecular formula is C16H19NO5. The van der Waals surface area contributed by atoms with Gasteiger partial charge in [-0.3, -0.25) is 0 Å². The molecule has 22 heavy (non-hydrogen) atoms. The first-order chi connectivity index (χ1) is 10.5. The van der Waals surface area contributed by atoms with E-state index in [9.17, 15) is 14.7 Å². The van der Waals surface area contributed by atoms with E-state index in [2.05, 4.69) is 0 Å². The third kappa shape index (κ3) is 3.05. The molecule has 1 unspecified atom stereocenters. The number of amides is 1. The predicted molar refractivity (Wildman–Crippen MR) is 80.7 cm³/mol. The fraction of sp³-hybridized carbons (Fsp3) is 0.375. The largest absolute Gasteiger partial charge is 0.497 e. The van der Waals surface area contributed by atoms with E-state index in [0.29, 0.717) is 12.0 Å². The molecule has 0 radical (unpaired) electrons. The van der Waals surface area contributed by atoms with Gasteiger partial charge in [0.1, 0.15) is 5.75 Å². The first-order valence-electron chi connectivity index (χ1n) is 6.92. The van der Waals surface area contributed by atoms with Crippen molar-refractivity contribution in [2.75, 3.05) is 20.8 Å². The van der Waals surface area contributed by atoms with Gasteiger partial charge in [0.25, 0.3) is 0 Å². The Kier molecular flexibility index (Phi) is 4.70. The average molecular weight is 305 g/mol. The minimum Gasteiger partial charge on any atom is -0.497 e. The summed E-state index contributed by atoms with van der Waals surface area (Å²) in [5, 5.41) is 9.24. The van der Waals surface area contributed by atoms with Gasteiger partial charge < -0.3 is 19.5 Å². The second-order valence-electron chi connectivity index (χ2n) is 5.14. The lowest BCUT2D eigenvalue weighted by Crippen LogP contribution is -2.43. The van der Waals surface area contributed by atoms with Crippen molar-refractivity contribution in [3.05, 3.63) is 35.4 Å². The smallest absolute Gasteiger partial charge is 0.407 e. The van der Waals surface area contributed by atoms with Gasteiger partial charge >= 0.3 is 12.1 Å². The summed E-state index contributed by atoms with van der Waals surface area (Å²) in [5.74, 6) is 0.226. The van der Waals surface area contributed by atoms with Gasteiger partial charge in [0.15, 0.2) is 0 Å². The molecule has 1 aliphatic heterocycles. The van der Waals surface area contributed by atoms with Crippen LogP contribution in [0.2, 0.25) is 0 Å². The summed E-state index contributed by atoms with van der Waals surface area (Å²) in [6.45, 7) is 1.86. The molecule has 0 saturated heterocycles. The van der Waals surface area contributed by atoms with Gasteiger partial charge in [0.05, 0.1) is 26.3 Å². The molecule has 0 aromatic heterocycles. The zero-order valence-electron chi connectivity index (χ0n) is 12.8. The Bertz CT molecular complexity index is 605. The van der Waals surface area contributed by atoms with Crippen LogP contribution in [-0.2, 0) is 9.53 Å². The van der Waals surface area contributed by atoms with Gasteiger partial charge in [-0.1, -0.05) is 12.1 Å². The molecule has 6 heteroatoms. The second-order valence-corrected chi connectivity index (χ2v) is 5.14. The van der Waals surface area contributed by atoms with Crippen molar-refractivity contribution in [3.8, 4) is 5.75 Å². The monoisotopic (exact) mass is 305 g/mol. The zero-order valence-corrected chi connectivity index (χ0v) is 12.8. The Morgan fingerprint density at radius 2 is 1.86 bits per heavy atom. The topological polar surface area (TPSA) is 76.1 Å². The Balaban J connectivity index is 2.45. The number of carboxylic acid groups (broad SMARTS) is 1. The van der Waals surface area contributed by atoms with Crippen LogP contribution in [0.25, 0.3) is 5.57 Å². The molecule has 6 nitrogen and oxygen atoms in total. The van der Waals surface area contributed by atoms with E-state index in [1.54, 1.807) is 7.11 Å². The number of hydrogen-bond acceptors (Lipinski definition) is 4. The van der Waals surface area contributed by atoms with Gasteiger partial charge in [-0.15, -0.1) is 0 Å². The minimum atomic E-state index is -1.04. The molecule has 0 bridgehead atoms. The van der Waals surface area contributed by atoms with Gasteiger partial charge in [-0.2, -0.15) is 0 Å². The number of ether oxygens (including phenoxy) is 2. The maximum Gasteiger partial charge on any atom is 0.407 e. The summed E-state index contributed by atoms with van der Waals surface area (Å²) < 4.78 is 9.94. The van der Waals surface area contributed by atoms with Gasteiger partial charge in [0.2, 0.25) is 0 Å². The Hall–Kier alpha value is -2.50. The molecular weight excluding hydrogens is 286 g/mol. The van der Waals surface area contributed by atoms with Crippen molar-refractivity contribution >= 4 is 17.6 Å². The quantitative estimate of drug-likeness (QED) is 0.868. The molecule has 1 aromatic rings. The Morgan fingerprint density at radius 1 is 1.23 bits per heavy atom. The lowest BCUT2D eigenvalue weighted by molar-refractivity contribution is -0.136. The molecule has 1 aromatic carbocycles. The molecule has 1 aliphatic rings. The number of carbonyl (C=O) groups excluding carboxylic acids is 1. The summed E-state index contributed by atoms with van der Waals surface area (Å²) in [5.41, 5.74) is 2.07. The van der Waals surface area contributed by atoms with Crippen LogP contribution in [0.5, 0.6) is 5.75 Å². The predicted octanol–water partition coefficient (Wildman–Crippen LogP) is 2.39. The van der Waals surface area contributed by atoms with Crippen LogP contribution in [0.15, 0.2) is 29.8 Å². The molecule has 0 aliphatic carbocycles. The van der Waals surface area contributed by atoms with Crippen molar-refractivity contribution < 1.29 is 24.2 Å². The van der Waals surface area contributed by atoms with Crippen LogP contribution in [-0.4, -0.2) is 48.9 Å². The van der Waals surface area contributed by atoms with Gasteiger partial charge in [0, 0.05) is 6.04 Å². The average Bonchev–Trinajstić information content (AvgIpc) is 2.53. The molecule has 0 spiro atoms. The molecule has 1 N–H and O–H groups in total. The fourth-order valence-corrected chi connectivity index (χ4v) is 2.60. The highest BCUT2D eigenvalue weighted by Crippen LogP contribution is 2.32. The maximum atomic E-state index is 12.0. The van der Waals surface area contributed by atoms with Crippen LogP contribution >= 0.6 is 0 Å². The lowest BCUT2D eigenvalue weighted by Gasteiger charge is -2.33. The highest BCUT2D eigenvalue weighted by atomic mass is 16.5. The van der Waals surface area contributed by atoms with Crippen molar-refractivity contribution in [1.29, 1.82) is 0 Å². The van der Waals surface area contributed by atoms with Crippen molar-refractivity contribution in [1.82, 2.24) is 4.90 Å². The maximum absolute atomic E-state index is 12.0. The number of methoxy groups -OCH3 is 2. The van der Waals surface area contributed by atoms with Crippen LogP contribution in [0.4, 0.5) is 4.79 Å². The summed E-state index contributed by atoms with van der Waals surface area (Å²) in [7, 11) is 2.88. The highest BCUT2D eigenvalue weighted by Gasteiger charge is 2.32. The molecule has 118 valence electrons. The van der Waals surface area contributed by atoms with E-state index in [-0.39, 0.29) is 12.6 Å². The first-order valence-corrected chi connectivity index (χ1v) is 6.92. The molecule has 1 heterocycles. The van der Waals surface area contributed by atoms with E-state index in [4.69, 9.17) is 9.47 Å². The third-order valence-corrected chi connectivity index (χ3v) is 3.84. The number of rotatable bonds is 3. The van der Waals surface area contributed by atoms with E-state index in [1.807, 2.05) is 31.2 Å². The summed E-state index contributed by atoms with van der Waals surface area (Å²) in [6.07, 6.45) is -0.578. The Morgan fingerprint density at radius 3 is 2.36 bits per heavy atom. The fourth-order valence-electron chi connectivity index (χ4n) is 2.60. The zero-order chi connectivity index (χ0) is 16.3. The highest BCUT2D eigenvalue weighted by molar-refractivity contribution is 5.99. The second kappa shape index (κ2) is 6.51. The standard InChI is InChI=1S/C16H19NO5/c1-10-8-13(11-4-6-12(21-2)7-5-11)14(15(18)22-3)9-17(10)16(19)20/h4-7,10H,8-9H2,1-3H3,(H,19,20). The van der Waals surface area contributed by atoms with Crippen LogP contribution < -0.4 is 4.74 Å². The summed E-state index contributed by atoms with van der Waals surface area (Å²) in [4.78, 5) is 24.6. The van der Waals surface area contributed by atoms with Crippen molar-refractivity contribution in [2.45, 2.75) is 19.4 Å². The number of benzene rings is 1. The van der Waals surface area contributed by atoms with E-state index < -0.39 is 12.1 Å². The lowest BCUT2D eigenvalue weighted by atomic mass is 9.89. The number of carbonyl (C=O) groups is 2. The van der Waals surface area contributed by atoms with Crippen LogP contribution in [0, 0.1) is 0 Å². The van der Waals surface area contributed by atoms with Gasteiger partial charge in [-0.05, 0) is 36.6 Å². The summed E-state index contributed by atoms with van der Waals surface area (Å²) >= 11 is 0. The number of hydrogen-bond donors (Lipinski definition) is 1. The minimum absolute atomic E-state index is 0.0323.